The molecule has 0 saturated carbocycles. The first-order valence-electron chi connectivity index (χ1n) is 9.56. The molecule has 0 spiro atoms. The lowest BCUT2D eigenvalue weighted by Gasteiger charge is -2.27. The number of benzene rings is 1. The quantitative estimate of drug-likeness (QED) is 0.208. The highest BCUT2D eigenvalue weighted by molar-refractivity contribution is 6.30. The summed E-state index contributed by atoms with van der Waals surface area (Å²) >= 11 is 5.94. The van der Waals surface area contributed by atoms with Crippen LogP contribution in [0.5, 0.6) is 5.75 Å². The molecule has 0 atom stereocenters. The van der Waals surface area contributed by atoms with Gasteiger partial charge in [0, 0.05) is 5.02 Å². The van der Waals surface area contributed by atoms with Crippen LogP contribution in [0.15, 0.2) is 18.2 Å². The topological polar surface area (TPSA) is 52.6 Å². The molecule has 0 unspecified atom stereocenters. The highest BCUT2D eigenvalue weighted by Gasteiger charge is 2.46. The van der Waals surface area contributed by atoms with Crippen LogP contribution in [0.1, 0.15) is 71.3 Å². The zero-order valence-electron chi connectivity index (χ0n) is 16.4. The highest BCUT2D eigenvalue weighted by atomic mass is 35.5. The van der Waals surface area contributed by atoms with Crippen LogP contribution in [-0.2, 0) is 14.3 Å². The van der Waals surface area contributed by atoms with Crippen LogP contribution in [0, 0.1) is 12.3 Å². The number of carbonyl (C=O) groups is 2. The van der Waals surface area contributed by atoms with Crippen molar-refractivity contribution >= 4 is 23.5 Å². The van der Waals surface area contributed by atoms with E-state index in [1.165, 1.54) is 12.8 Å². The fourth-order valence-electron chi connectivity index (χ4n) is 2.84. The molecular weight excluding hydrogens is 352 g/mol. The molecule has 0 saturated heterocycles. The second-order valence-corrected chi connectivity index (χ2v) is 7.08. The molecule has 0 fully saturated rings. The Kier molecular flexibility index (Phi) is 9.71. The highest BCUT2D eigenvalue weighted by Crippen LogP contribution is 2.32. The van der Waals surface area contributed by atoms with E-state index in [-0.39, 0.29) is 0 Å². The third-order valence-electron chi connectivity index (χ3n) is 4.81. The molecule has 0 aromatic heterocycles. The van der Waals surface area contributed by atoms with E-state index in [0.29, 0.717) is 30.2 Å². The maximum absolute atomic E-state index is 12.8. The van der Waals surface area contributed by atoms with Gasteiger partial charge < -0.3 is 9.47 Å². The molecule has 0 N–H and O–H groups in total. The summed E-state index contributed by atoms with van der Waals surface area (Å²) in [5, 5.41) is 0.571. The second kappa shape index (κ2) is 11.2. The van der Waals surface area contributed by atoms with Crippen LogP contribution in [0.3, 0.4) is 0 Å². The Morgan fingerprint density at radius 1 is 1.00 bits per heavy atom. The van der Waals surface area contributed by atoms with Gasteiger partial charge in [0.1, 0.15) is 5.75 Å². The summed E-state index contributed by atoms with van der Waals surface area (Å²) in [7, 11) is 0. The number of aryl methyl sites for hydroxylation is 1. The minimum Gasteiger partial charge on any atom is -0.465 e. The Morgan fingerprint density at radius 2 is 1.65 bits per heavy atom. The van der Waals surface area contributed by atoms with Gasteiger partial charge in [-0.05, 0) is 49.9 Å². The molecule has 1 aromatic carbocycles. The Hall–Kier alpha value is -1.55. The molecule has 4 nitrogen and oxygen atoms in total. The lowest BCUT2D eigenvalue weighted by Crippen LogP contribution is -2.42. The van der Waals surface area contributed by atoms with Gasteiger partial charge >= 0.3 is 11.9 Å². The Bertz CT molecular complexity index is 594. The third kappa shape index (κ3) is 6.01. The Balaban J connectivity index is 2.73. The average molecular weight is 383 g/mol. The van der Waals surface area contributed by atoms with Crippen molar-refractivity contribution in [3.8, 4) is 5.75 Å². The predicted octanol–water partition coefficient (Wildman–Crippen LogP) is 5.87. The minimum absolute atomic E-state index is 0.337. The largest absolute Gasteiger partial charge is 0.465 e. The van der Waals surface area contributed by atoms with Gasteiger partial charge in [-0.1, -0.05) is 58.1 Å². The molecule has 26 heavy (non-hydrogen) atoms. The van der Waals surface area contributed by atoms with Crippen LogP contribution in [0.4, 0.5) is 0 Å². The molecule has 0 bridgehead atoms. The molecule has 0 heterocycles. The standard InChI is InChI=1S/C21H31ClO4/c1-5-8-9-10-11-14-25-19(23)21(6-2,7-3)20(24)26-18-13-12-17(22)15-16(18)4/h12-13,15H,5-11,14H2,1-4H3. The van der Waals surface area contributed by atoms with E-state index in [4.69, 9.17) is 21.1 Å². The van der Waals surface area contributed by atoms with Gasteiger partial charge in [-0.3, -0.25) is 9.59 Å². The number of hydrogen-bond acceptors (Lipinski definition) is 4. The van der Waals surface area contributed by atoms with Gasteiger partial charge in [-0.25, -0.2) is 0 Å². The first-order valence-corrected chi connectivity index (χ1v) is 9.94. The molecular formula is C21H31ClO4. The summed E-state index contributed by atoms with van der Waals surface area (Å²) in [6, 6.07) is 5.02. The molecule has 0 aliphatic rings. The minimum atomic E-state index is -1.27. The summed E-state index contributed by atoms with van der Waals surface area (Å²) < 4.78 is 10.9. The first-order chi connectivity index (χ1) is 12.4. The fourth-order valence-corrected chi connectivity index (χ4v) is 3.07. The van der Waals surface area contributed by atoms with Crippen molar-refractivity contribution in [2.45, 2.75) is 72.6 Å². The van der Waals surface area contributed by atoms with Gasteiger partial charge in [0.25, 0.3) is 0 Å². The third-order valence-corrected chi connectivity index (χ3v) is 5.04. The number of esters is 2. The Labute approximate surface area is 162 Å². The average Bonchev–Trinajstić information content (AvgIpc) is 2.62. The van der Waals surface area contributed by atoms with Crippen molar-refractivity contribution in [2.75, 3.05) is 6.61 Å². The predicted molar refractivity (Wildman–Crippen MR) is 105 cm³/mol. The maximum atomic E-state index is 12.8. The van der Waals surface area contributed by atoms with E-state index in [2.05, 4.69) is 6.92 Å². The molecule has 146 valence electrons. The maximum Gasteiger partial charge on any atom is 0.328 e. The molecule has 0 amide bonds. The van der Waals surface area contributed by atoms with E-state index >= 15 is 0 Å². The van der Waals surface area contributed by atoms with Gasteiger partial charge in [-0.15, -0.1) is 0 Å². The fraction of sp³-hybridized carbons (Fsp3) is 0.619. The number of unbranched alkanes of at least 4 members (excludes halogenated alkanes) is 4. The molecule has 1 rings (SSSR count). The van der Waals surface area contributed by atoms with Crippen LogP contribution < -0.4 is 4.74 Å². The number of hydrogen-bond donors (Lipinski definition) is 0. The smallest absolute Gasteiger partial charge is 0.328 e. The van der Waals surface area contributed by atoms with Crippen molar-refractivity contribution in [3.05, 3.63) is 28.8 Å². The lowest BCUT2D eigenvalue weighted by atomic mass is 9.82. The van der Waals surface area contributed by atoms with Crippen LogP contribution in [0.25, 0.3) is 0 Å². The molecule has 0 aliphatic carbocycles. The van der Waals surface area contributed by atoms with Crippen molar-refractivity contribution in [2.24, 2.45) is 5.41 Å². The molecule has 0 aliphatic heterocycles. The number of carbonyl (C=O) groups excluding carboxylic acids is 2. The summed E-state index contributed by atoms with van der Waals surface area (Å²) in [6.07, 6.45) is 6.02. The van der Waals surface area contributed by atoms with Gasteiger partial charge in [-0.2, -0.15) is 0 Å². The lowest BCUT2D eigenvalue weighted by molar-refractivity contribution is -0.168. The number of halogens is 1. The zero-order chi connectivity index (χ0) is 19.6. The van der Waals surface area contributed by atoms with Gasteiger partial charge in [0.15, 0.2) is 5.41 Å². The number of rotatable bonds is 11. The molecule has 5 heteroatoms. The zero-order valence-corrected chi connectivity index (χ0v) is 17.2. The molecule has 1 aromatic rings. The van der Waals surface area contributed by atoms with E-state index in [9.17, 15) is 9.59 Å². The van der Waals surface area contributed by atoms with Gasteiger partial charge in [0.05, 0.1) is 6.61 Å². The normalized spacial score (nSPS) is 11.3. The summed E-state index contributed by atoms with van der Waals surface area (Å²) in [6.45, 7) is 7.93. The van der Waals surface area contributed by atoms with Crippen molar-refractivity contribution < 1.29 is 19.1 Å². The first kappa shape index (κ1) is 22.5. The van der Waals surface area contributed by atoms with E-state index in [1.54, 1.807) is 18.2 Å². The van der Waals surface area contributed by atoms with Crippen LogP contribution in [-0.4, -0.2) is 18.5 Å². The monoisotopic (exact) mass is 382 g/mol. The van der Waals surface area contributed by atoms with Crippen LogP contribution >= 0.6 is 11.6 Å². The summed E-state index contributed by atoms with van der Waals surface area (Å²) in [5.74, 6) is -0.642. The summed E-state index contributed by atoms with van der Waals surface area (Å²) in [5.41, 5.74) is -0.522. The van der Waals surface area contributed by atoms with Crippen LogP contribution in [0.2, 0.25) is 5.02 Å². The SMILES string of the molecule is CCCCCCCOC(=O)C(CC)(CC)C(=O)Oc1ccc(Cl)cc1C. The van der Waals surface area contributed by atoms with Crippen molar-refractivity contribution in [3.63, 3.8) is 0 Å². The number of ether oxygens (including phenoxy) is 2. The van der Waals surface area contributed by atoms with Crippen molar-refractivity contribution in [1.29, 1.82) is 0 Å². The van der Waals surface area contributed by atoms with Gasteiger partial charge in [0.2, 0.25) is 0 Å². The summed E-state index contributed by atoms with van der Waals surface area (Å²) in [4.78, 5) is 25.4. The van der Waals surface area contributed by atoms with E-state index in [0.717, 1.165) is 24.8 Å². The second-order valence-electron chi connectivity index (χ2n) is 6.64. The van der Waals surface area contributed by atoms with Crippen molar-refractivity contribution in [1.82, 2.24) is 0 Å². The molecule has 0 radical (unpaired) electrons. The van der Waals surface area contributed by atoms with E-state index < -0.39 is 17.4 Å². The Morgan fingerprint density at radius 3 is 2.23 bits per heavy atom. The van der Waals surface area contributed by atoms with E-state index in [1.807, 2.05) is 20.8 Å².